The molecule has 0 saturated carbocycles. The Kier molecular flexibility index (Phi) is 4.80. The largest absolute Gasteiger partial charge is 0.489 e. The van der Waals surface area contributed by atoms with Crippen molar-refractivity contribution in [3.05, 3.63) is 48.5 Å². The first kappa shape index (κ1) is 14.7. The van der Waals surface area contributed by atoms with E-state index in [1.807, 2.05) is 6.07 Å². The van der Waals surface area contributed by atoms with E-state index in [0.29, 0.717) is 12.4 Å². The number of anilines is 1. The molecule has 0 aliphatic carbocycles. The highest BCUT2D eigenvalue weighted by Crippen LogP contribution is 2.15. The van der Waals surface area contributed by atoms with E-state index in [4.69, 9.17) is 4.74 Å². The van der Waals surface area contributed by atoms with Crippen molar-refractivity contribution in [1.29, 1.82) is 0 Å². The lowest BCUT2D eigenvalue weighted by atomic mass is 10.3. The summed E-state index contributed by atoms with van der Waals surface area (Å²) in [6.45, 7) is 4.92. The molecular weight excluding hydrogens is 283 g/mol. The summed E-state index contributed by atoms with van der Waals surface area (Å²) in [5.74, 6) is 0.789. The molecule has 2 heterocycles. The molecule has 0 radical (unpaired) electrons. The van der Waals surface area contributed by atoms with Gasteiger partial charge in [-0.05, 0) is 18.2 Å². The van der Waals surface area contributed by atoms with Gasteiger partial charge in [-0.1, -0.05) is 12.1 Å². The van der Waals surface area contributed by atoms with Gasteiger partial charge in [0, 0.05) is 45.1 Å². The first-order chi connectivity index (χ1) is 10.8. The van der Waals surface area contributed by atoms with E-state index in [1.54, 1.807) is 30.6 Å². The summed E-state index contributed by atoms with van der Waals surface area (Å²) in [5, 5.41) is 0. The Morgan fingerprint density at radius 1 is 1.00 bits per heavy atom. The van der Waals surface area contributed by atoms with E-state index in [-0.39, 0.29) is 5.82 Å². The van der Waals surface area contributed by atoms with Crippen LogP contribution in [0, 0.1) is 5.82 Å². The second-order valence-electron chi connectivity index (χ2n) is 5.16. The van der Waals surface area contributed by atoms with Crippen molar-refractivity contribution in [3.8, 4) is 5.75 Å². The van der Waals surface area contributed by atoms with Crippen LogP contribution < -0.4 is 9.64 Å². The van der Waals surface area contributed by atoms with Crippen LogP contribution in [-0.4, -0.2) is 54.2 Å². The van der Waals surface area contributed by atoms with Crippen LogP contribution in [0.4, 0.5) is 10.3 Å². The molecule has 1 saturated heterocycles. The number of ether oxygens (including phenoxy) is 1. The fraction of sp³-hybridized carbons (Fsp3) is 0.375. The van der Waals surface area contributed by atoms with Crippen LogP contribution in [0.5, 0.6) is 5.75 Å². The maximum absolute atomic E-state index is 13.4. The molecule has 116 valence electrons. The number of rotatable bonds is 5. The third-order valence-corrected chi connectivity index (χ3v) is 3.71. The van der Waals surface area contributed by atoms with E-state index in [0.717, 1.165) is 38.7 Å². The second kappa shape index (κ2) is 7.17. The molecule has 3 rings (SSSR count). The van der Waals surface area contributed by atoms with Gasteiger partial charge in [-0.2, -0.15) is 0 Å². The van der Waals surface area contributed by atoms with E-state index in [9.17, 15) is 4.39 Å². The van der Waals surface area contributed by atoms with Crippen LogP contribution >= 0.6 is 0 Å². The van der Waals surface area contributed by atoms with E-state index in [1.165, 1.54) is 6.07 Å². The van der Waals surface area contributed by atoms with Gasteiger partial charge < -0.3 is 9.64 Å². The third kappa shape index (κ3) is 3.71. The molecule has 2 aromatic rings. The minimum absolute atomic E-state index is 0.312. The van der Waals surface area contributed by atoms with Crippen molar-refractivity contribution >= 4 is 5.95 Å². The summed E-state index contributed by atoms with van der Waals surface area (Å²) in [6, 6.07) is 8.32. The highest BCUT2D eigenvalue weighted by molar-refractivity contribution is 5.29. The van der Waals surface area contributed by atoms with Gasteiger partial charge in [0.1, 0.15) is 6.61 Å². The summed E-state index contributed by atoms with van der Waals surface area (Å²) < 4.78 is 18.9. The number of aromatic nitrogens is 2. The van der Waals surface area contributed by atoms with Gasteiger partial charge >= 0.3 is 0 Å². The second-order valence-corrected chi connectivity index (χ2v) is 5.16. The van der Waals surface area contributed by atoms with Crippen molar-refractivity contribution in [2.75, 3.05) is 44.2 Å². The van der Waals surface area contributed by atoms with Crippen molar-refractivity contribution < 1.29 is 9.13 Å². The van der Waals surface area contributed by atoms with Crippen molar-refractivity contribution in [3.63, 3.8) is 0 Å². The Hall–Kier alpha value is -2.21. The smallest absolute Gasteiger partial charge is 0.225 e. The zero-order chi connectivity index (χ0) is 15.2. The van der Waals surface area contributed by atoms with E-state index in [2.05, 4.69) is 19.8 Å². The lowest BCUT2D eigenvalue weighted by Gasteiger charge is -2.34. The molecule has 22 heavy (non-hydrogen) atoms. The molecular formula is C16H19FN4O. The summed E-state index contributed by atoms with van der Waals surface area (Å²) in [4.78, 5) is 13.0. The topological polar surface area (TPSA) is 41.5 Å². The van der Waals surface area contributed by atoms with Gasteiger partial charge in [0.05, 0.1) is 0 Å². The molecule has 5 nitrogen and oxygen atoms in total. The fourth-order valence-electron chi connectivity index (χ4n) is 2.47. The average Bonchev–Trinajstić information content (AvgIpc) is 2.58. The molecule has 0 spiro atoms. The number of halogens is 1. The van der Waals surface area contributed by atoms with Crippen molar-refractivity contribution in [1.82, 2.24) is 14.9 Å². The molecule has 1 aliphatic heterocycles. The highest BCUT2D eigenvalue weighted by atomic mass is 19.1. The Morgan fingerprint density at radius 3 is 2.45 bits per heavy atom. The lowest BCUT2D eigenvalue weighted by Crippen LogP contribution is -2.48. The molecule has 1 aromatic heterocycles. The van der Waals surface area contributed by atoms with Crippen LogP contribution in [0.1, 0.15) is 0 Å². The molecule has 1 fully saturated rings. The predicted molar refractivity (Wildman–Crippen MR) is 82.6 cm³/mol. The number of benzene rings is 1. The average molecular weight is 302 g/mol. The maximum Gasteiger partial charge on any atom is 0.225 e. The van der Waals surface area contributed by atoms with Gasteiger partial charge in [0.25, 0.3) is 0 Å². The number of hydrogen-bond donors (Lipinski definition) is 0. The van der Waals surface area contributed by atoms with E-state index >= 15 is 0 Å². The fourth-order valence-corrected chi connectivity index (χ4v) is 2.47. The molecule has 0 bridgehead atoms. The summed E-state index contributed by atoms with van der Waals surface area (Å²) in [5.41, 5.74) is 0. The predicted octanol–water partition coefficient (Wildman–Crippen LogP) is 1.82. The normalized spacial score (nSPS) is 15.8. The van der Waals surface area contributed by atoms with Crippen molar-refractivity contribution in [2.24, 2.45) is 0 Å². The number of nitrogens with zero attached hydrogens (tertiary/aromatic N) is 4. The van der Waals surface area contributed by atoms with Crippen LogP contribution in [0.2, 0.25) is 0 Å². The van der Waals surface area contributed by atoms with Gasteiger partial charge in [-0.25, -0.2) is 14.4 Å². The third-order valence-electron chi connectivity index (χ3n) is 3.71. The summed E-state index contributed by atoms with van der Waals surface area (Å²) in [7, 11) is 0. The quantitative estimate of drug-likeness (QED) is 0.842. The van der Waals surface area contributed by atoms with Crippen molar-refractivity contribution in [2.45, 2.75) is 0 Å². The Balaban J connectivity index is 1.42. The van der Waals surface area contributed by atoms with Crippen LogP contribution in [0.25, 0.3) is 0 Å². The van der Waals surface area contributed by atoms with Gasteiger partial charge in [-0.15, -0.1) is 0 Å². The van der Waals surface area contributed by atoms with Crippen LogP contribution in [-0.2, 0) is 0 Å². The van der Waals surface area contributed by atoms with Gasteiger partial charge in [-0.3, -0.25) is 4.90 Å². The molecule has 1 aliphatic rings. The first-order valence-electron chi connectivity index (χ1n) is 7.44. The summed E-state index contributed by atoms with van der Waals surface area (Å²) >= 11 is 0. The Morgan fingerprint density at radius 2 is 1.73 bits per heavy atom. The molecule has 0 unspecified atom stereocenters. The van der Waals surface area contributed by atoms with Crippen LogP contribution in [0.15, 0.2) is 42.7 Å². The number of piperazine rings is 1. The van der Waals surface area contributed by atoms with E-state index < -0.39 is 0 Å². The molecule has 0 amide bonds. The molecule has 0 N–H and O–H groups in total. The molecule has 1 aromatic carbocycles. The van der Waals surface area contributed by atoms with Crippen LogP contribution in [0.3, 0.4) is 0 Å². The zero-order valence-corrected chi connectivity index (χ0v) is 12.4. The van der Waals surface area contributed by atoms with Gasteiger partial charge in [0.2, 0.25) is 5.95 Å². The zero-order valence-electron chi connectivity index (χ0n) is 12.4. The number of hydrogen-bond acceptors (Lipinski definition) is 5. The lowest BCUT2D eigenvalue weighted by molar-refractivity contribution is 0.196. The molecule has 6 heteroatoms. The standard InChI is InChI=1S/C16H19FN4O/c17-14-4-1-2-5-15(14)22-13-12-20-8-10-21(11-9-20)16-18-6-3-7-19-16/h1-7H,8-13H2. The highest BCUT2D eigenvalue weighted by Gasteiger charge is 2.18. The Bertz CT molecular complexity index is 588. The minimum atomic E-state index is -0.312. The molecule has 0 atom stereocenters. The maximum atomic E-state index is 13.4. The number of para-hydroxylation sites is 1. The monoisotopic (exact) mass is 302 g/mol. The summed E-state index contributed by atoms with van der Waals surface area (Å²) in [6.07, 6.45) is 3.52. The van der Waals surface area contributed by atoms with Gasteiger partial charge in [0.15, 0.2) is 11.6 Å². The Labute approximate surface area is 129 Å². The first-order valence-corrected chi connectivity index (χ1v) is 7.44. The SMILES string of the molecule is Fc1ccccc1OCCN1CCN(c2ncccn2)CC1. The minimum Gasteiger partial charge on any atom is -0.489 e.